The maximum Gasteiger partial charge on any atom is 0.322 e. The molecule has 0 bridgehead atoms. The Hall–Kier alpha value is -0.0900. The molecule has 2 atom stereocenters. The van der Waals surface area contributed by atoms with Crippen molar-refractivity contribution in [2.45, 2.75) is 69.2 Å². The van der Waals surface area contributed by atoms with Crippen LogP contribution in [0.5, 0.6) is 0 Å². The Morgan fingerprint density at radius 3 is 2.24 bits per heavy atom. The minimum Gasteiger partial charge on any atom is -0.468 e. The average molecular weight is 309 g/mol. The maximum atomic E-state index is 11.1. The number of hydrogen-bond acceptors (Lipinski definition) is 3. The third-order valence-electron chi connectivity index (χ3n) is 2.87. The molecular formula is C13H25BrO3. The van der Waals surface area contributed by atoms with Crippen molar-refractivity contribution in [1.29, 1.82) is 0 Å². The molecule has 3 nitrogen and oxygen atoms in total. The van der Waals surface area contributed by atoms with Gasteiger partial charge in [0.25, 0.3) is 0 Å². The zero-order valence-corrected chi connectivity index (χ0v) is 12.5. The van der Waals surface area contributed by atoms with Gasteiger partial charge in [-0.05, 0) is 6.42 Å². The van der Waals surface area contributed by atoms with Gasteiger partial charge in [0.1, 0.15) is 4.83 Å². The van der Waals surface area contributed by atoms with Crippen LogP contribution in [-0.4, -0.2) is 29.1 Å². The van der Waals surface area contributed by atoms with E-state index in [1.807, 2.05) is 0 Å². The van der Waals surface area contributed by atoms with Crippen molar-refractivity contribution >= 4 is 21.9 Å². The van der Waals surface area contributed by atoms with Crippen molar-refractivity contribution in [2.75, 3.05) is 7.11 Å². The van der Waals surface area contributed by atoms with E-state index in [1.54, 1.807) is 0 Å². The highest BCUT2D eigenvalue weighted by molar-refractivity contribution is 9.10. The number of carbonyl (C=O) groups excluding carboxylic acids is 1. The average Bonchev–Trinajstić information content (AvgIpc) is 2.35. The van der Waals surface area contributed by atoms with Gasteiger partial charge in [0, 0.05) is 0 Å². The molecule has 0 amide bonds. The molecule has 0 aromatic carbocycles. The van der Waals surface area contributed by atoms with Crippen LogP contribution in [0, 0.1) is 0 Å². The summed E-state index contributed by atoms with van der Waals surface area (Å²) < 4.78 is 4.56. The summed E-state index contributed by atoms with van der Waals surface area (Å²) in [6.07, 6.45) is 8.49. The van der Waals surface area contributed by atoms with Gasteiger partial charge < -0.3 is 9.84 Å². The molecule has 0 heterocycles. The van der Waals surface area contributed by atoms with Gasteiger partial charge in [0.2, 0.25) is 0 Å². The SMILES string of the molecule is CCCCCCCCC[C@@H](O)[C@@H](Br)C(=O)OC. The lowest BCUT2D eigenvalue weighted by Gasteiger charge is -2.14. The van der Waals surface area contributed by atoms with Crippen LogP contribution in [0.15, 0.2) is 0 Å². The van der Waals surface area contributed by atoms with E-state index in [2.05, 4.69) is 27.6 Å². The molecule has 0 aliphatic carbocycles. The molecule has 1 N–H and O–H groups in total. The zero-order chi connectivity index (χ0) is 13.1. The van der Waals surface area contributed by atoms with Crippen LogP contribution < -0.4 is 0 Å². The fraction of sp³-hybridized carbons (Fsp3) is 0.923. The van der Waals surface area contributed by atoms with Gasteiger partial charge in [0.05, 0.1) is 13.2 Å². The van der Waals surface area contributed by atoms with Crippen LogP contribution in [-0.2, 0) is 9.53 Å². The van der Waals surface area contributed by atoms with Gasteiger partial charge in [-0.3, -0.25) is 4.79 Å². The van der Waals surface area contributed by atoms with E-state index in [1.165, 1.54) is 39.2 Å². The van der Waals surface area contributed by atoms with Gasteiger partial charge in [-0.1, -0.05) is 67.8 Å². The van der Waals surface area contributed by atoms with Crippen molar-refractivity contribution < 1.29 is 14.6 Å². The van der Waals surface area contributed by atoms with Gasteiger partial charge >= 0.3 is 5.97 Å². The van der Waals surface area contributed by atoms with Crippen LogP contribution in [0.25, 0.3) is 0 Å². The minimum absolute atomic E-state index is 0.402. The Morgan fingerprint density at radius 2 is 1.71 bits per heavy atom. The van der Waals surface area contributed by atoms with Gasteiger partial charge in [-0.2, -0.15) is 0 Å². The van der Waals surface area contributed by atoms with Crippen LogP contribution in [0.1, 0.15) is 58.3 Å². The van der Waals surface area contributed by atoms with Crippen molar-refractivity contribution in [1.82, 2.24) is 0 Å². The number of hydrogen-bond donors (Lipinski definition) is 1. The molecule has 0 aliphatic rings. The molecular weight excluding hydrogens is 284 g/mol. The monoisotopic (exact) mass is 308 g/mol. The summed E-state index contributed by atoms with van der Waals surface area (Å²) in [5.41, 5.74) is 0. The minimum atomic E-state index is -0.641. The predicted molar refractivity (Wildman–Crippen MR) is 73.3 cm³/mol. The summed E-state index contributed by atoms with van der Waals surface area (Å²) in [5, 5.41) is 9.71. The Labute approximate surface area is 113 Å². The number of unbranched alkanes of at least 4 members (excludes halogenated alkanes) is 6. The second-order valence-corrected chi connectivity index (χ2v) is 5.39. The quantitative estimate of drug-likeness (QED) is 0.382. The summed E-state index contributed by atoms with van der Waals surface area (Å²) in [5.74, 6) is -0.402. The Kier molecular flexibility index (Phi) is 11.0. The van der Waals surface area contributed by atoms with E-state index >= 15 is 0 Å². The Balaban J connectivity index is 3.44. The fourth-order valence-corrected chi connectivity index (χ4v) is 2.18. The predicted octanol–water partition coefficient (Wildman–Crippen LogP) is 3.42. The number of esters is 1. The molecule has 4 heteroatoms. The zero-order valence-electron chi connectivity index (χ0n) is 11.0. The van der Waals surface area contributed by atoms with E-state index in [0.717, 1.165) is 12.8 Å². The molecule has 0 aliphatic heterocycles. The number of carbonyl (C=O) groups is 1. The smallest absolute Gasteiger partial charge is 0.322 e. The molecule has 0 spiro atoms. The lowest BCUT2D eigenvalue weighted by Crippen LogP contribution is -2.29. The second-order valence-electron chi connectivity index (χ2n) is 4.40. The number of aliphatic hydroxyl groups excluding tert-OH is 1. The molecule has 17 heavy (non-hydrogen) atoms. The highest BCUT2D eigenvalue weighted by atomic mass is 79.9. The molecule has 0 fully saturated rings. The van der Waals surface area contributed by atoms with Crippen molar-refractivity contribution in [3.63, 3.8) is 0 Å². The first-order chi connectivity index (χ1) is 8.13. The summed E-state index contributed by atoms with van der Waals surface area (Å²) in [6, 6.07) is 0. The number of ether oxygens (including phenoxy) is 1. The number of rotatable bonds is 10. The maximum absolute atomic E-state index is 11.1. The number of halogens is 1. The van der Waals surface area contributed by atoms with E-state index in [-0.39, 0.29) is 0 Å². The second kappa shape index (κ2) is 11.0. The standard InChI is InChI=1S/C13H25BrO3/c1-3-4-5-6-7-8-9-10-11(15)12(14)13(16)17-2/h11-12,15H,3-10H2,1-2H3/t11-,12-/m1/s1. The first kappa shape index (κ1) is 16.9. The number of aliphatic hydroxyl groups is 1. The van der Waals surface area contributed by atoms with Gasteiger partial charge in [-0.25, -0.2) is 0 Å². The van der Waals surface area contributed by atoms with Crippen LogP contribution in [0.4, 0.5) is 0 Å². The first-order valence-corrected chi connectivity index (χ1v) is 7.45. The molecule has 102 valence electrons. The topological polar surface area (TPSA) is 46.5 Å². The highest BCUT2D eigenvalue weighted by Crippen LogP contribution is 2.15. The van der Waals surface area contributed by atoms with Gasteiger partial charge in [-0.15, -0.1) is 0 Å². The van der Waals surface area contributed by atoms with E-state index in [0.29, 0.717) is 6.42 Å². The summed E-state index contributed by atoms with van der Waals surface area (Å²) in [4.78, 5) is 10.5. The third kappa shape index (κ3) is 8.61. The van der Waals surface area contributed by atoms with Crippen molar-refractivity contribution in [3.05, 3.63) is 0 Å². The normalized spacial score (nSPS) is 14.4. The lowest BCUT2D eigenvalue weighted by molar-refractivity contribution is -0.141. The number of alkyl halides is 1. The molecule has 0 saturated carbocycles. The largest absolute Gasteiger partial charge is 0.468 e. The lowest BCUT2D eigenvalue weighted by atomic mass is 10.0. The summed E-state index contributed by atoms with van der Waals surface area (Å²) in [7, 11) is 1.33. The Bertz CT molecular complexity index is 197. The number of methoxy groups -OCH3 is 1. The highest BCUT2D eigenvalue weighted by Gasteiger charge is 2.23. The third-order valence-corrected chi connectivity index (χ3v) is 3.85. The van der Waals surface area contributed by atoms with Crippen LogP contribution in [0.2, 0.25) is 0 Å². The Morgan fingerprint density at radius 1 is 1.18 bits per heavy atom. The molecule has 0 unspecified atom stereocenters. The molecule has 0 rings (SSSR count). The van der Waals surface area contributed by atoms with Crippen LogP contribution >= 0.6 is 15.9 Å². The van der Waals surface area contributed by atoms with E-state index in [4.69, 9.17) is 0 Å². The van der Waals surface area contributed by atoms with Crippen molar-refractivity contribution in [3.8, 4) is 0 Å². The summed E-state index contributed by atoms with van der Waals surface area (Å²) in [6.45, 7) is 2.21. The molecule has 0 saturated heterocycles. The molecule has 0 aromatic heterocycles. The fourth-order valence-electron chi connectivity index (χ4n) is 1.73. The molecule has 0 aromatic rings. The first-order valence-electron chi connectivity index (χ1n) is 6.53. The van der Waals surface area contributed by atoms with E-state index < -0.39 is 16.9 Å². The van der Waals surface area contributed by atoms with Crippen LogP contribution in [0.3, 0.4) is 0 Å². The van der Waals surface area contributed by atoms with Crippen molar-refractivity contribution in [2.24, 2.45) is 0 Å². The summed E-state index contributed by atoms with van der Waals surface area (Å²) >= 11 is 3.15. The van der Waals surface area contributed by atoms with E-state index in [9.17, 15) is 9.90 Å². The van der Waals surface area contributed by atoms with Gasteiger partial charge in [0.15, 0.2) is 0 Å². The molecule has 0 radical (unpaired) electrons.